The van der Waals surface area contributed by atoms with E-state index in [4.69, 9.17) is 5.73 Å². The molecule has 0 amide bonds. The molecule has 0 aromatic carbocycles. The fourth-order valence-electron chi connectivity index (χ4n) is 1.22. The first-order chi connectivity index (χ1) is 5.14. The maximum absolute atomic E-state index is 12.7. The lowest BCUT2D eigenvalue weighted by Gasteiger charge is -2.17. The van der Waals surface area contributed by atoms with Crippen molar-refractivity contribution in [2.75, 3.05) is 12.3 Å². The predicted molar refractivity (Wildman–Crippen MR) is 44.1 cm³/mol. The van der Waals surface area contributed by atoms with E-state index in [9.17, 15) is 8.78 Å². The summed E-state index contributed by atoms with van der Waals surface area (Å²) in [6.07, 6.45) is 1.98. The van der Waals surface area contributed by atoms with Crippen molar-refractivity contribution >= 4 is 11.8 Å². The minimum Gasteiger partial charge on any atom is -0.325 e. The van der Waals surface area contributed by atoms with Crippen LogP contribution in [0, 0.1) is 0 Å². The molecule has 1 fully saturated rings. The molecule has 0 saturated carbocycles. The first-order valence-corrected chi connectivity index (χ1v) is 4.88. The van der Waals surface area contributed by atoms with E-state index in [0.717, 1.165) is 18.6 Å². The van der Waals surface area contributed by atoms with Gasteiger partial charge in [0, 0.05) is 11.7 Å². The lowest BCUT2D eigenvalue weighted by Crippen LogP contribution is -2.30. The van der Waals surface area contributed by atoms with Crippen LogP contribution in [0.4, 0.5) is 8.78 Å². The van der Waals surface area contributed by atoms with Gasteiger partial charge in [-0.3, -0.25) is 0 Å². The molecule has 1 saturated heterocycles. The summed E-state index contributed by atoms with van der Waals surface area (Å²) in [6.45, 7) is -0.510. The summed E-state index contributed by atoms with van der Waals surface area (Å²) in [7, 11) is 0. The lowest BCUT2D eigenvalue weighted by molar-refractivity contribution is 0.00183. The average Bonchev–Trinajstić information content (AvgIpc) is 2.39. The normalized spacial score (nSPS) is 25.9. The Morgan fingerprint density at radius 2 is 2.27 bits per heavy atom. The number of rotatable bonds is 3. The fraction of sp³-hybridized carbons (Fsp3) is 1.00. The van der Waals surface area contributed by atoms with Gasteiger partial charge in [0.05, 0.1) is 6.54 Å². The SMILES string of the molecule is NCC(F)(F)CC1CCCS1. The highest BCUT2D eigenvalue weighted by molar-refractivity contribution is 8.00. The van der Waals surface area contributed by atoms with Crippen molar-refractivity contribution in [1.29, 1.82) is 0 Å². The van der Waals surface area contributed by atoms with Gasteiger partial charge >= 0.3 is 0 Å². The second kappa shape index (κ2) is 3.72. The molecule has 2 N–H and O–H groups in total. The molecule has 0 spiro atoms. The molecule has 1 unspecified atom stereocenters. The van der Waals surface area contributed by atoms with E-state index in [2.05, 4.69) is 0 Å². The molecular weight excluding hydrogens is 168 g/mol. The zero-order valence-corrected chi connectivity index (χ0v) is 7.17. The van der Waals surface area contributed by atoms with Crippen molar-refractivity contribution in [3.63, 3.8) is 0 Å². The smallest absolute Gasteiger partial charge is 0.261 e. The highest BCUT2D eigenvalue weighted by atomic mass is 32.2. The van der Waals surface area contributed by atoms with Crippen LogP contribution in [-0.4, -0.2) is 23.5 Å². The summed E-state index contributed by atoms with van der Waals surface area (Å²) in [5.74, 6) is -1.60. The van der Waals surface area contributed by atoms with Crippen LogP contribution < -0.4 is 5.73 Å². The van der Waals surface area contributed by atoms with Gasteiger partial charge < -0.3 is 5.73 Å². The van der Waals surface area contributed by atoms with Gasteiger partial charge in [0.25, 0.3) is 5.92 Å². The number of hydrogen-bond donors (Lipinski definition) is 1. The van der Waals surface area contributed by atoms with E-state index in [0.29, 0.717) is 0 Å². The monoisotopic (exact) mass is 181 g/mol. The Labute approximate surface area is 69.7 Å². The van der Waals surface area contributed by atoms with Crippen molar-refractivity contribution in [2.45, 2.75) is 30.4 Å². The second-order valence-electron chi connectivity index (χ2n) is 2.90. The molecule has 4 heteroatoms. The topological polar surface area (TPSA) is 26.0 Å². The van der Waals surface area contributed by atoms with Crippen molar-refractivity contribution in [3.8, 4) is 0 Å². The van der Waals surface area contributed by atoms with Crippen molar-refractivity contribution in [1.82, 2.24) is 0 Å². The van der Waals surface area contributed by atoms with Crippen LogP contribution in [0.25, 0.3) is 0 Å². The minimum absolute atomic E-state index is 0.0336. The molecular formula is C7H13F2NS. The molecule has 1 aliphatic rings. The number of halogens is 2. The third kappa shape index (κ3) is 2.95. The molecule has 1 nitrogen and oxygen atoms in total. The zero-order valence-electron chi connectivity index (χ0n) is 6.35. The number of hydrogen-bond acceptors (Lipinski definition) is 2. The summed E-state index contributed by atoms with van der Waals surface area (Å²) < 4.78 is 25.3. The summed E-state index contributed by atoms with van der Waals surface area (Å²) in [6, 6.07) is 0. The van der Waals surface area contributed by atoms with E-state index in [1.165, 1.54) is 0 Å². The first-order valence-electron chi connectivity index (χ1n) is 3.83. The van der Waals surface area contributed by atoms with Gasteiger partial charge in [0.1, 0.15) is 0 Å². The maximum atomic E-state index is 12.7. The summed E-state index contributed by atoms with van der Waals surface area (Å²) in [5.41, 5.74) is 4.93. The van der Waals surface area contributed by atoms with Crippen molar-refractivity contribution in [2.24, 2.45) is 5.73 Å². The third-order valence-corrected chi connectivity index (χ3v) is 3.25. The molecule has 11 heavy (non-hydrogen) atoms. The molecule has 1 rings (SSSR count). The van der Waals surface area contributed by atoms with Gasteiger partial charge in [-0.2, -0.15) is 11.8 Å². The summed E-state index contributed by atoms with van der Waals surface area (Å²) in [4.78, 5) is 0. The van der Waals surface area contributed by atoms with Crippen molar-refractivity contribution in [3.05, 3.63) is 0 Å². The van der Waals surface area contributed by atoms with E-state index in [1.807, 2.05) is 0 Å². The second-order valence-corrected chi connectivity index (χ2v) is 4.31. The Hall–Kier alpha value is 0.170. The molecule has 0 aliphatic carbocycles. The van der Waals surface area contributed by atoms with Crippen LogP contribution in [-0.2, 0) is 0 Å². The van der Waals surface area contributed by atoms with Crippen LogP contribution in [0.2, 0.25) is 0 Å². The zero-order chi connectivity index (χ0) is 8.32. The van der Waals surface area contributed by atoms with Gasteiger partial charge in [0.15, 0.2) is 0 Å². The quantitative estimate of drug-likeness (QED) is 0.719. The van der Waals surface area contributed by atoms with Gasteiger partial charge in [-0.05, 0) is 18.6 Å². The predicted octanol–water partition coefficient (Wildman–Crippen LogP) is 1.87. The Morgan fingerprint density at radius 3 is 2.73 bits per heavy atom. The van der Waals surface area contributed by atoms with E-state index < -0.39 is 12.5 Å². The van der Waals surface area contributed by atoms with Crippen LogP contribution in [0.3, 0.4) is 0 Å². The van der Waals surface area contributed by atoms with Gasteiger partial charge in [-0.1, -0.05) is 0 Å². The van der Waals surface area contributed by atoms with Crippen LogP contribution >= 0.6 is 11.8 Å². The number of thioether (sulfide) groups is 1. The molecule has 0 aromatic heterocycles. The molecule has 66 valence electrons. The molecule has 1 heterocycles. The molecule has 0 aromatic rings. The standard InChI is InChI=1S/C7H13F2NS/c8-7(9,5-10)4-6-2-1-3-11-6/h6H,1-5,10H2. The van der Waals surface area contributed by atoms with Crippen LogP contribution in [0.15, 0.2) is 0 Å². The lowest BCUT2D eigenvalue weighted by atomic mass is 10.1. The molecule has 0 radical (unpaired) electrons. The molecule has 1 atom stereocenters. The Morgan fingerprint density at radius 1 is 1.55 bits per heavy atom. The maximum Gasteiger partial charge on any atom is 0.261 e. The van der Waals surface area contributed by atoms with E-state index >= 15 is 0 Å². The van der Waals surface area contributed by atoms with Gasteiger partial charge in [0.2, 0.25) is 0 Å². The number of nitrogens with two attached hydrogens (primary N) is 1. The van der Waals surface area contributed by atoms with E-state index in [1.54, 1.807) is 11.8 Å². The molecule has 1 aliphatic heterocycles. The first kappa shape index (κ1) is 9.26. The van der Waals surface area contributed by atoms with E-state index in [-0.39, 0.29) is 11.7 Å². The van der Waals surface area contributed by atoms with Crippen LogP contribution in [0.1, 0.15) is 19.3 Å². The largest absolute Gasteiger partial charge is 0.325 e. The van der Waals surface area contributed by atoms with Gasteiger partial charge in [-0.25, -0.2) is 8.78 Å². The highest BCUT2D eigenvalue weighted by Gasteiger charge is 2.32. The minimum atomic E-state index is -2.64. The van der Waals surface area contributed by atoms with Crippen LogP contribution in [0.5, 0.6) is 0 Å². The van der Waals surface area contributed by atoms with Crippen molar-refractivity contribution < 1.29 is 8.78 Å². The number of alkyl halides is 2. The summed E-state index contributed by atoms with van der Waals surface area (Å²) >= 11 is 1.65. The third-order valence-electron chi connectivity index (χ3n) is 1.85. The Balaban J connectivity index is 2.28. The Bertz CT molecular complexity index is 124. The van der Waals surface area contributed by atoms with Gasteiger partial charge in [-0.15, -0.1) is 0 Å². The average molecular weight is 181 g/mol. The Kier molecular flexibility index (Phi) is 3.13. The fourth-order valence-corrected chi connectivity index (χ4v) is 2.58. The highest BCUT2D eigenvalue weighted by Crippen LogP contribution is 2.34. The summed E-state index contributed by atoms with van der Waals surface area (Å²) in [5, 5.41) is 0.147. The molecule has 0 bridgehead atoms.